The Kier molecular flexibility index (Phi) is 7.40. The Morgan fingerprint density at radius 1 is 0.897 bits per heavy atom. The van der Waals surface area contributed by atoms with Crippen molar-refractivity contribution in [3.05, 3.63) is 58.7 Å². The molecular weight excluding hydrogens is 364 g/mol. The summed E-state index contributed by atoms with van der Waals surface area (Å²) in [5.74, 6) is -1.29. The molecule has 156 valence electrons. The second-order valence-electron chi connectivity index (χ2n) is 7.90. The van der Waals surface area contributed by atoms with Gasteiger partial charge in [0.1, 0.15) is 0 Å². The van der Waals surface area contributed by atoms with E-state index in [1.54, 1.807) is 0 Å². The number of hydrogen-bond acceptors (Lipinski definition) is 4. The first kappa shape index (κ1) is 22.4. The fraction of sp³-hybridized carbons (Fsp3) is 0.391. The summed E-state index contributed by atoms with van der Waals surface area (Å²) >= 11 is 0. The minimum absolute atomic E-state index is 0.0363. The highest BCUT2D eigenvalue weighted by molar-refractivity contribution is 6.39. The summed E-state index contributed by atoms with van der Waals surface area (Å²) in [7, 11) is 7.90. The normalized spacial score (nSPS) is 11.9. The maximum atomic E-state index is 12.4. The quantitative estimate of drug-likeness (QED) is 0.737. The smallest absolute Gasteiger partial charge is 0.313 e. The third-order valence-corrected chi connectivity index (χ3v) is 5.00. The predicted octanol–water partition coefficient (Wildman–Crippen LogP) is 3.04. The summed E-state index contributed by atoms with van der Waals surface area (Å²) < 4.78 is 0. The number of carbonyl (C=O) groups excluding carboxylic acids is 2. The highest BCUT2D eigenvalue weighted by atomic mass is 16.2. The van der Waals surface area contributed by atoms with Crippen LogP contribution in [-0.2, 0) is 9.59 Å². The van der Waals surface area contributed by atoms with Gasteiger partial charge in [-0.1, -0.05) is 29.8 Å². The van der Waals surface area contributed by atoms with Crippen molar-refractivity contribution in [2.75, 3.05) is 45.0 Å². The van der Waals surface area contributed by atoms with Crippen molar-refractivity contribution >= 4 is 23.2 Å². The molecule has 0 radical (unpaired) electrons. The molecule has 0 aromatic heterocycles. The number of aryl methyl sites for hydroxylation is 3. The highest BCUT2D eigenvalue weighted by Crippen LogP contribution is 2.22. The molecular formula is C23H32N4O2. The van der Waals surface area contributed by atoms with Crippen LogP contribution in [0.1, 0.15) is 28.3 Å². The highest BCUT2D eigenvalue weighted by Gasteiger charge is 2.20. The van der Waals surface area contributed by atoms with Gasteiger partial charge in [-0.05, 0) is 63.7 Å². The molecule has 0 aliphatic carbocycles. The third-order valence-electron chi connectivity index (χ3n) is 5.00. The van der Waals surface area contributed by atoms with Crippen LogP contribution in [0.15, 0.2) is 36.4 Å². The van der Waals surface area contributed by atoms with Gasteiger partial charge in [-0.2, -0.15) is 0 Å². The number of anilines is 2. The van der Waals surface area contributed by atoms with Crippen molar-refractivity contribution in [1.82, 2.24) is 10.2 Å². The Morgan fingerprint density at radius 3 is 1.93 bits per heavy atom. The summed E-state index contributed by atoms with van der Waals surface area (Å²) in [6, 6.07) is 12.1. The first-order valence-corrected chi connectivity index (χ1v) is 9.71. The number of nitrogens with zero attached hydrogens (tertiary/aromatic N) is 2. The number of carbonyl (C=O) groups is 2. The first-order chi connectivity index (χ1) is 13.6. The number of benzene rings is 2. The zero-order chi connectivity index (χ0) is 21.7. The third kappa shape index (κ3) is 5.81. The maximum Gasteiger partial charge on any atom is 0.313 e. The Morgan fingerprint density at radius 2 is 1.45 bits per heavy atom. The molecule has 2 N–H and O–H groups in total. The lowest BCUT2D eigenvalue weighted by atomic mass is 10.0. The number of hydrogen-bond donors (Lipinski definition) is 2. The van der Waals surface area contributed by atoms with Crippen LogP contribution in [0.2, 0.25) is 0 Å². The van der Waals surface area contributed by atoms with Crippen LogP contribution in [0.3, 0.4) is 0 Å². The zero-order valence-electron chi connectivity index (χ0n) is 18.5. The molecule has 0 heterocycles. The van der Waals surface area contributed by atoms with Crippen LogP contribution in [-0.4, -0.2) is 51.4 Å². The van der Waals surface area contributed by atoms with Gasteiger partial charge >= 0.3 is 11.8 Å². The van der Waals surface area contributed by atoms with Gasteiger partial charge in [-0.25, -0.2) is 0 Å². The lowest BCUT2D eigenvalue weighted by Gasteiger charge is -2.25. The maximum absolute atomic E-state index is 12.4. The van der Waals surface area contributed by atoms with E-state index in [4.69, 9.17) is 0 Å². The van der Waals surface area contributed by atoms with Crippen LogP contribution >= 0.6 is 0 Å². The first-order valence-electron chi connectivity index (χ1n) is 9.71. The molecule has 29 heavy (non-hydrogen) atoms. The fourth-order valence-electron chi connectivity index (χ4n) is 3.41. The van der Waals surface area contributed by atoms with Gasteiger partial charge in [0.25, 0.3) is 0 Å². The van der Waals surface area contributed by atoms with Crippen LogP contribution < -0.4 is 15.5 Å². The Labute approximate surface area is 173 Å². The van der Waals surface area contributed by atoms with Crippen LogP contribution in [0.5, 0.6) is 0 Å². The van der Waals surface area contributed by atoms with Gasteiger partial charge in [-0.15, -0.1) is 0 Å². The molecule has 6 heteroatoms. The zero-order valence-corrected chi connectivity index (χ0v) is 18.5. The SMILES string of the molecule is Cc1cc(C)c(NC(=O)C(=O)NC[C@@H](c2ccc(N(C)C)cc2)N(C)C)c(C)c1. The van der Waals surface area contributed by atoms with Crippen LogP contribution in [0, 0.1) is 20.8 Å². The van der Waals surface area contributed by atoms with Gasteiger partial charge in [0.05, 0.1) is 6.04 Å². The second-order valence-corrected chi connectivity index (χ2v) is 7.90. The standard InChI is InChI=1S/C23H32N4O2/c1-15-12-16(2)21(17(3)13-15)25-23(29)22(28)24-14-20(27(6)7)18-8-10-19(11-9-18)26(4)5/h8-13,20H,14H2,1-7H3,(H,24,28)(H,25,29)/t20-/m0/s1. The predicted molar refractivity (Wildman–Crippen MR) is 119 cm³/mol. The lowest BCUT2D eigenvalue weighted by Crippen LogP contribution is -2.40. The van der Waals surface area contributed by atoms with Gasteiger partial charge in [-0.3, -0.25) is 9.59 Å². The van der Waals surface area contributed by atoms with E-state index in [1.165, 1.54) is 0 Å². The molecule has 0 saturated heterocycles. The fourth-order valence-corrected chi connectivity index (χ4v) is 3.41. The number of amides is 2. The molecule has 0 fully saturated rings. The molecule has 1 atom stereocenters. The summed E-state index contributed by atoms with van der Waals surface area (Å²) in [4.78, 5) is 28.9. The van der Waals surface area contributed by atoms with E-state index in [0.717, 1.165) is 27.9 Å². The molecule has 0 unspecified atom stereocenters. The summed E-state index contributed by atoms with van der Waals surface area (Å²) in [5, 5.41) is 5.52. The molecule has 0 aliphatic heterocycles. The number of likely N-dealkylation sites (N-methyl/N-ethyl adjacent to an activating group) is 1. The van der Waals surface area contributed by atoms with E-state index in [0.29, 0.717) is 12.2 Å². The Bertz CT molecular complexity index is 850. The van der Waals surface area contributed by atoms with Crippen molar-refractivity contribution in [1.29, 1.82) is 0 Å². The topological polar surface area (TPSA) is 64.7 Å². The van der Waals surface area contributed by atoms with Crippen molar-refractivity contribution in [2.45, 2.75) is 26.8 Å². The van der Waals surface area contributed by atoms with Crippen LogP contribution in [0.25, 0.3) is 0 Å². The largest absolute Gasteiger partial charge is 0.378 e. The van der Waals surface area contributed by atoms with E-state index >= 15 is 0 Å². The minimum atomic E-state index is -0.652. The number of rotatable bonds is 6. The molecule has 0 aliphatic rings. The van der Waals surface area contributed by atoms with Gasteiger partial charge in [0.2, 0.25) is 0 Å². The molecule has 2 aromatic rings. The monoisotopic (exact) mass is 396 g/mol. The van der Waals surface area contributed by atoms with Crippen molar-refractivity contribution in [2.24, 2.45) is 0 Å². The van der Waals surface area contributed by atoms with Gasteiger partial charge < -0.3 is 20.4 Å². The van der Waals surface area contributed by atoms with Gasteiger partial charge in [0, 0.05) is 32.0 Å². The van der Waals surface area contributed by atoms with E-state index in [1.807, 2.05) is 95.2 Å². The van der Waals surface area contributed by atoms with E-state index in [9.17, 15) is 9.59 Å². The summed E-state index contributed by atoms with van der Waals surface area (Å²) in [5.41, 5.74) is 5.88. The van der Waals surface area contributed by atoms with Gasteiger partial charge in [0.15, 0.2) is 0 Å². The molecule has 2 aromatic carbocycles. The molecule has 6 nitrogen and oxygen atoms in total. The lowest BCUT2D eigenvalue weighted by molar-refractivity contribution is -0.136. The molecule has 0 spiro atoms. The Balaban J connectivity index is 2.04. The van der Waals surface area contributed by atoms with E-state index < -0.39 is 11.8 Å². The molecule has 2 amide bonds. The van der Waals surface area contributed by atoms with Crippen LogP contribution in [0.4, 0.5) is 11.4 Å². The summed E-state index contributed by atoms with van der Waals surface area (Å²) in [6.07, 6.45) is 0. The number of nitrogens with one attached hydrogen (secondary N) is 2. The van der Waals surface area contributed by atoms with Crippen molar-refractivity contribution in [3.63, 3.8) is 0 Å². The van der Waals surface area contributed by atoms with E-state index in [-0.39, 0.29) is 6.04 Å². The molecule has 0 saturated carbocycles. The average Bonchev–Trinajstić information content (AvgIpc) is 2.64. The average molecular weight is 397 g/mol. The summed E-state index contributed by atoms with van der Waals surface area (Å²) in [6.45, 7) is 6.19. The second kappa shape index (κ2) is 9.56. The molecule has 0 bridgehead atoms. The minimum Gasteiger partial charge on any atom is -0.378 e. The van der Waals surface area contributed by atoms with Crippen molar-refractivity contribution in [3.8, 4) is 0 Å². The van der Waals surface area contributed by atoms with E-state index in [2.05, 4.69) is 10.6 Å². The Hall–Kier alpha value is -2.86. The molecule has 2 rings (SSSR count). The van der Waals surface area contributed by atoms with Crippen molar-refractivity contribution < 1.29 is 9.59 Å².